The molecule has 0 fully saturated rings. The summed E-state index contributed by atoms with van der Waals surface area (Å²) in [5.74, 6) is 0.387. The Balaban J connectivity index is 1.94. The Morgan fingerprint density at radius 2 is 1.84 bits per heavy atom. The fraction of sp³-hybridized carbons (Fsp3) is 0.294. The van der Waals surface area contributed by atoms with E-state index in [2.05, 4.69) is 4.72 Å². The largest absolute Gasteiger partial charge is 0.492 e. The molecule has 0 atom stereocenters. The summed E-state index contributed by atoms with van der Waals surface area (Å²) >= 11 is 0. The monoisotopic (exact) mass is 364 g/mol. The van der Waals surface area contributed by atoms with Crippen LogP contribution in [-0.2, 0) is 16.4 Å². The number of nitro groups is 1. The number of hydrogen-bond donors (Lipinski definition) is 1. The number of hydrogen-bond acceptors (Lipinski definition) is 5. The second kappa shape index (κ2) is 7.98. The van der Waals surface area contributed by atoms with Crippen LogP contribution >= 0.6 is 0 Å². The van der Waals surface area contributed by atoms with Crippen LogP contribution in [0.4, 0.5) is 11.4 Å². The van der Waals surface area contributed by atoms with Crippen LogP contribution in [0.2, 0.25) is 0 Å². The van der Waals surface area contributed by atoms with Crippen LogP contribution in [0.15, 0.2) is 42.5 Å². The molecular weight excluding hydrogens is 344 g/mol. The van der Waals surface area contributed by atoms with Gasteiger partial charge in [0.15, 0.2) is 0 Å². The van der Waals surface area contributed by atoms with E-state index >= 15 is 0 Å². The minimum Gasteiger partial charge on any atom is -0.492 e. The van der Waals surface area contributed by atoms with Crippen LogP contribution in [0.3, 0.4) is 0 Å². The molecule has 1 N–H and O–H groups in total. The summed E-state index contributed by atoms with van der Waals surface area (Å²) in [6.07, 6.45) is 0.924. The topological polar surface area (TPSA) is 98.5 Å². The zero-order valence-corrected chi connectivity index (χ0v) is 14.9. The second-order valence-electron chi connectivity index (χ2n) is 5.52. The average Bonchev–Trinajstić information content (AvgIpc) is 2.57. The van der Waals surface area contributed by atoms with Crippen LogP contribution in [0.25, 0.3) is 0 Å². The van der Waals surface area contributed by atoms with Gasteiger partial charge in [0, 0.05) is 12.1 Å². The maximum atomic E-state index is 12.1. The summed E-state index contributed by atoms with van der Waals surface area (Å²) in [6.45, 7) is 3.66. The van der Waals surface area contributed by atoms with Crippen LogP contribution in [0, 0.1) is 17.0 Å². The molecule has 8 heteroatoms. The van der Waals surface area contributed by atoms with Crippen molar-refractivity contribution in [3.05, 3.63) is 63.7 Å². The molecular formula is C17H20N2O5S. The van der Waals surface area contributed by atoms with Crippen molar-refractivity contribution < 1.29 is 18.1 Å². The highest BCUT2D eigenvalue weighted by atomic mass is 32.2. The summed E-state index contributed by atoms with van der Waals surface area (Å²) in [6, 6.07) is 11.4. The number of nitrogens with one attached hydrogen (secondary N) is 1. The summed E-state index contributed by atoms with van der Waals surface area (Å²) in [5, 5.41) is 10.7. The van der Waals surface area contributed by atoms with Gasteiger partial charge in [-0.15, -0.1) is 0 Å². The lowest BCUT2D eigenvalue weighted by Gasteiger charge is -2.11. The van der Waals surface area contributed by atoms with E-state index in [-0.39, 0.29) is 18.0 Å². The number of nitrogens with zero attached hydrogens (tertiary/aromatic N) is 1. The van der Waals surface area contributed by atoms with Crippen LogP contribution in [-0.4, -0.2) is 25.7 Å². The highest BCUT2D eigenvalue weighted by Crippen LogP contribution is 2.22. The number of anilines is 1. The van der Waals surface area contributed by atoms with Crippen molar-refractivity contribution in [1.29, 1.82) is 0 Å². The Morgan fingerprint density at radius 3 is 2.40 bits per heavy atom. The Morgan fingerprint density at radius 1 is 1.16 bits per heavy atom. The van der Waals surface area contributed by atoms with E-state index in [1.165, 1.54) is 23.8 Å². The van der Waals surface area contributed by atoms with E-state index in [0.29, 0.717) is 17.0 Å². The first-order chi connectivity index (χ1) is 11.8. The third-order valence-corrected chi connectivity index (χ3v) is 4.87. The number of rotatable bonds is 8. The number of aryl methyl sites for hydroxylation is 2. The standard InChI is InChI=1S/C17H20N2O5S/c1-3-14-4-7-16(8-5-14)24-10-11-25(22,23)18-17-9-6-15(19(20)21)12-13(17)2/h4-9,12,18H,3,10-11H2,1-2H3. The van der Waals surface area contributed by atoms with E-state index in [1.54, 1.807) is 19.1 Å². The zero-order valence-electron chi connectivity index (χ0n) is 14.1. The van der Waals surface area contributed by atoms with Crippen molar-refractivity contribution in [3.63, 3.8) is 0 Å². The Kier molecular flexibility index (Phi) is 5.97. The zero-order chi connectivity index (χ0) is 18.4. The van der Waals surface area contributed by atoms with Gasteiger partial charge in [0.2, 0.25) is 10.0 Å². The number of sulfonamides is 1. The molecule has 2 aromatic carbocycles. The van der Waals surface area contributed by atoms with E-state index < -0.39 is 14.9 Å². The molecule has 0 saturated heterocycles. The molecule has 0 aliphatic carbocycles. The van der Waals surface area contributed by atoms with Crippen molar-refractivity contribution in [1.82, 2.24) is 0 Å². The summed E-state index contributed by atoms with van der Waals surface area (Å²) in [4.78, 5) is 10.2. The summed E-state index contributed by atoms with van der Waals surface area (Å²) in [7, 11) is -3.62. The second-order valence-corrected chi connectivity index (χ2v) is 7.37. The SMILES string of the molecule is CCc1ccc(OCCS(=O)(=O)Nc2ccc([N+](=O)[O-])cc2C)cc1. The molecule has 134 valence electrons. The molecule has 0 unspecified atom stereocenters. The van der Waals surface area contributed by atoms with Gasteiger partial charge in [0.05, 0.1) is 10.6 Å². The number of benzene rings is 2. The third-order valence-electron chi connectivity index (χ3n) is 3.64. The lowest BCUT2D eigenvalue weighted by atomic mass is 10.2. The first-order valence-electron chi connectivity index (χ1n) is 7.78. The molecule has 0 heterocycles. The first kappa shape index (κ1) is 18.7. The van der Waals surface area contributed by atoms with E-state index in [0.717, 1.165) is 6.42 Å². The Labute approximate surface area is 146 Å². The molecule has 0 aliphatic heterocycles. The van der Waals surface area contributed by atoms with Gasteiger partial charge in [-0.3, -0.25) is 14.8 Å². The lowest BCUT2D eigenvalue weighted by molar-refractivity contribution is -0.384. The van der Waals surface area contributed by atoms with Gasteiger partial charge in [-0.25, -0.2) is 8.42 Å². The third kappa shape index (κ3) is 5.46. The minimum absolute atomic E-state index is 0.00678. The van der Waals surface area contributed by atoms with E-state index in [1.807, 2.05) is 19.1 Å². The summed E-state index contributed by atoms with van der Waals surface area (Å²) < 4.78 is 32.2. The summed E-state index contributed by atoms with van der Waals surface area (Å²) in [5.41, 5.74) is 1.89. The average molecular weight is 364 g/mol. The number of nitro benzene ring substituents is 1. The normalized spacial score (nSPS) is 11.1. The van der Waals surface area contributed by atoms with Gasteiger partial charge in [-0.05, 0) is 42.7 Å². The van der Waals surface area contributed by atoms with Gasteiger partial charge in [-0.2, -0.15) is 0 Å². The molecule has 0 bridgehead atoms. The molecule has 2 rings (SSSR count). The molecule has 0 spiro atoms. The Hall–Kier alpha value is -2.61. The number of ether oxygens (including phenoxy) is 1. The molecule has 0 amide bonds. The van der Waals surface area contributed by atoms with Crippen LogP contribution in [0.1, 0.15) is 18.1 Å². The van der Waals surface area contributed by atoms with Crippen LogP contribution in [0.5, 0.6) is 5.75 Å². The van der Waals surface area contributed by atoms with Crippen molar-refractivity contribution in [3.8, 4) is 5.75 Å². The van der Waals surface area contributed by atoms with Crippen molar-refractivity contribution >= 4 is 21.4 Å². The maximum Gasteiger partial charge on any atom is 0.269 e. The molecule has 0 aromatic heterocycles. The van der Waals surface area contributed by atoms with Crippen molar-refractivity contribution in [2.24, 2.45) is 0 Å². The van der Waals surface area contributed by atoms with E-state index in [9.17, 15) is 18.5 Å². The molecule has 7 nitrogen and oxygen atoms in total. The molecule has 0 aliphatic rings. The highest BCUT2D eigenvalue weighted by molar-refractivity contribution is 7.92. The van der Waals surface area contributed by atoms with Crippen molar-refractivity contribution in [2.75, 3.05) is 17.1 Å². The molecule has 25 heavy (non-hydrogen) atoms. The predicted octanol–water partition coefficient (Wildman–Crippen LogP) is 3.29. The smallest absolute Gasteiger partial charge is 0.269 e. The van der Waals surface area contributed by atoms with Gasteiger partial charge < -0.3 is 4.74 Å². The van der Waals surface area contributed by atoms with Gasteiger partial charge >= 0.3 is 0 Å². The molecule has 0 saturated carbocycles. The fourth-order valence-corrected chi connectivity index (χ4v) is 3.15. The van der Waals surface area contributed by atoms with Crippen LogP contribution < -0.4 is 9.46 Å². The van der Waals surface area contributed by atoms with Crippen molar-refractivity contribution in [2.45, 2.75) is 20.3 Å². The van der Waals surface area contributed by atoms with Gasteiger partial charge in [-0.1, -0.05) is 19.1 Å². The minimum atomic E-state index is -3.62. The maximum absolute atomic E-state index is 12.1. The quantitative estimate of drug-likeness (QED) is 0.572. The van der Waals surface area contributed by atoms with Gasteiger partial charge in [0.1, 0.15) is 18.1 Å². The van der Waals surface area contributed by atoms with E-state index in [4.69, 9.17) is 4.74 Å². The molecule has 2 aromatic rings. The number of non-ortho nitro benzene ring substituents is 1. The predicted molar refractivity (Wildman–Crippen MR) is 96.6 cm³/mol. The fourth-order valence-electron chi connectivity index (χ4n) is 2.19. The molecule has 0 radical (unpaired) electrons. The highest BCUT2D eigenvalue weighted by Gasteiger charge is 2.14. The lowest BCUT2D eigenvalue weighted by Crippen LogP contribution is -2.21. The Bertz CT molecular complexity index is 848. The van der Waals surface area contributed by atoms with Gasteiger partial charge in [0.25, 0.3) is 5.69 Å². The first-order valence-corrected chi connectivity index (χ1v) is 9.43.